The summed E-state index contributed by atoms with van der Waals surface area (Å²) in [5.41, 5.74) is 1.33. The average molecular weight is 224 g/mol. The standard InChI is InChI=1S/C10H16N4O2/c1-7-10(14(15)16)8(2)13(12-7)6-9-3-4-11-5-9/h9,11H,3-6H2,1-2H3. The molecule has 88 valence electrons. The second-order valence-electron chi connectivity index (χ2n) is 4.32. The summed E-state index contributed by atoms with van der Waals surface area (Å²) >= 11 is 0. The summed E-state index contributed by atoms with van der Waals surface area (Å²) in [6, 6.07) is 0. The van der Waals surface area contributed by atoms with Crippen LogP contribution in [0.2, 0.25) is 0 Å². The van der Waals surface area contributed by atoms with Crippen molar-refractivity contribution in [3.63, 3.8) is 0 Å². The second-order valence-corrected chi connectivity index (χ2v) is 4.32. The number of nitro groups is 1. The number of aryl methyl sites for hydroxylation is 1. The fourth-order valence-corrected chi connectivity index (χ4v) is 2.24. The van der Waals surface area contributed by atoms with Crippen LogP contribution in [0.15, 0.2) is 0 Å². The molecule has 0 bridgehead atoms. The fourth-order valence-electron chi connectivity index (χ4n) is 2.24. The molecule has 1 aliphatic rings. The number of nitrogens with one attached hydrogen (secondary N) is 1. The van der Waals surface area contributed by atoms with E-state index in [9.17, 15) is 10.1 Å². The molecular weight excluding hydrogens is 208 g/mol. The van der Waals surface area contributed by atoms with E-state index in [2.05, 4.69) is 10.4 Å². The molecule has 6 nitrogen and oxygen atoms in total. The quantitative estimate of drug-likeness (QED) is 0.614. The number of rotatable bonds is 3. The lowest BCUT2D eigenvalue weighted by molar-refractivity contribution is -0.386. The summed E-state index contributed by atoms with van der Waals surface area (Å²) in [5.74, 6) is 0.539. The zero-order valence-corrected chi connectivity index (χ0v) is 9.56. The van der Waals surface area contributed by atoms with E-state index in [1.165, 1.54) is 0 Å². The minimum absolute atomic E-state index is 0.158. The molecule has 0 radical (unpaired) electrons. The van der Waals surface area contributed by atoms with Gasteiger partial charge in [-0.05, 0) is 39.3 Å². The highest BCUT2D eigenvalue weighted by Crippen LogP contribution is 2.23. The Balaban J connectivity index is 2.21. The van der Waals surface area contributed by atoms with Crippen LogP contribution in [0, 0.1) is 29.9 Å². The Labute approximate surface area is 93.8 Å². The van der Waals surface area contributed by atoms with Gasteiger partial charge in [-0.3, -0.25) is 14.8 Å². The number of hydrogen-bond acceptors (Lipinski definition) is 4. The Morgan fingerprint density at radius 2 is 2.38 bits per heavy atom. The molecule has 2 rings (SSSR count). The van der Waals surface area contributed by atoms with Gasteiger partial charge in [0, 0.05) is 6.54 Å². The Hall–Kier alpha value is -1.43. The first-order chi connectivity index (χ1) is 7.59. The second kappa shape index (κ2) is 4.21. The van der Waals surface area contributed by atoms with E-state index in [0.29, 0.717) is 17.3 Å². The van der Waals surface area contributed by atoms with Gasteiger partial charge in [-0.1, -0.05) is 0 Å². The summed E-state index contributed by atoms with van der Waals surface area (Å²) in [6.45, 7) is 6.24. The Morgan fingerprint density at radius 1 is 1.62 bits per heavy atom. The van der Waals surface area contributed by atoms with Crippen LogP contribution in [0.3, 0.4) is 0 Å². The van der Waals surface area contributed by atoms with Gasteiger partial charge in [-0.15, -0.1) is 0 Å². The van der Waals surface area contributed by atoms with Gasteiger partial charge in [-0.2, -0.15) is 5.10 Å². The van der Waals surface area contributed by atoms with E-state index in [4.69, 9.17) is 0 Å². The highest BCUT2D eigenvalue weighted by atomic mass is 16.6. The molecule has 0 saturated carbocycles. The SMILES string of the molecule is Cc1nn(CC2CCNC2)c(C)c1[N+](=O)[O-]. The molecule has 6 heteroatoms. The number of nitrogens with zero attached hydrogens (tertiary/aromatic N) is 3. The summed E-state index contributed by atoms with van der Waals surface area (Å²) in [6.07, 6.45) is 1.12. The molecule has 1 atom stereocenters. The van der Waals surface area contributed by atoms with Crippen molar-refractivity contribution in [2.45, 2.75) is 26.8 Å². The van der Waals surface area contributed by atoms with Crippen LogP contribution in [0.25, 0.3) is 0 Å². The van der Waals surface area contributed by atoms with Gasteiger partial charge in [0.2, 0.25) is 0 Å². The zero-order chi connectivity index (χ0) is 11.7. The Bertz CT molecular complexity index is 407. The maximum atomic E-state index is 10.8. The van der Waals surface area contributed by atoms with Crippen molar-refractivity contribution in [3.05, 3.63) is 21.5 Å². The molecule has 1 aromatic rings. The monoisotopic (exact) mass is 224 g/mol. The third-order valence-electron chi connectivity index (χ3n) is 3.12. The van der Waals surface area contributed by atoms with Gasteiger partial charge >= 0.3 is 5.69 Å². The van der Waals surface area contributed by atoms with Crippen LogP contribution in [0.1, 0.15) is 17.8 Å². The molecule has 16 heavy (non-hydrogen) atoms. The van der Waals surface area contributed by atoms with Crippen molar-refractivity contribution < 1.29 is 4.92 Å². The summed E-state index contributed by atoms with van der Waals surface area (Å²) < 4.78 is 1.77. The predicted octanol–water partition coefficient (Wildman–Crippen LogP) is 1.02. The minimum Gasteiger partial charge on any atom is -0.316 e. The molecule has 0 aromatic carbocycles. The van der Waals surface area contributed by atoms with Gasteiger partial charge in [0.25, 0.3) is 0 Å². The highest BCUT2D eigenvalue weighted by Gasteiger charge is 2.24. The smallest absolute Gasteiger partial charge is 0.312 e. The van der Waals surface area contributed by atoms with E-state index >= 15 is 0 Å². The van der Waals surface area contributed by atoms with Crippen molar-refractivity contribution in [1.29, 1.82) is 0 Å². The highest BCUT2D eigenvalue weighted by molar-refractivity contribution is 5.39. The van der Waals surface area contributed by atoms with Gasteiger partial charge in [0.1, 0.15) is 11.4 Å². The minimum atomic E-state index is -0.346. The van der Waals surface area contributed by atoms with E-state index in [1.807, 2.05) is 0 Å². The van der Waals surface area contributed by atoms with E-state index < -0.39 is 0 Å². The lowest BCUT2D eigenvalue weighted by Gasteiger charge is -2.09. The van der Waals surface area contributed by atoms with Crippen molar-refractivity contribution in [1.82, 2.24) is 15.1 Å². The van der Waals surface area contributed by atoms with Crippen LogP contribution in [-0.4, -0.2) is 27.8 Å². The van der Waals surface area contributed by atoms with Gasteiger partial charge in [0.05, 0.1) is 4.92 Å². The first-order valence-electron chi connectivity index (χ1n) is 5.48. The van der Waals surface area contributed by atoms with E-state index in [1.54, 1.807) is 18.5 Å². The maximum absolute atomic E-state index is 10.8. The molecule has 1 unspecified atom stereocenters. The Kier molecular flexibility index (Phi) is 2.91. The molecule has 0 amide bonds. The van der Waals surface area contributed by atoms with Crippen molar-refractivity contribution in [2.75, 3.05) is 13.1 Å². The van der Waals surface area contributed by atoms with Crippen LogP contribution < -0.4 is 5.32 Å². The third kappa shape index (κ3) is 1.92. The molecule has 1 aliphatic heterocycles. The normalized spacial score (nSPS) is 20.2. The molecule has 1 saturated heterocycles. The lowest BCUT2D eigenvalue weighted by Crippen LogP contribution is -2.16. The van der Waals surface area contributed by atoms with Crippen molar-refractivity contribution in [2.24, 2.45) is 5.92 Å². The molecule has 1 fully saturated rings. The summed E-state index contributed by atoms with van der Waals surface area (Å²) in [7, 11) is 0. The van der Waals surface area contributed by atoms with Crippen LogP contribution >= 0.6 is 0 Å². The van der Waals surface area contributed by atoms with E-state index in [-0.39, 0.29) is 10.6 Å². The molecule has 0 spiro atoms. The molecule has 1 N–H and O–H groups in total. The van der Waals surface area contributed by atoms with Gasteiger partial charge < -0.3 is 5.32 Å². The molecular formula is C10H16N4O2. The van der Waals surface area contributed by atoms with Gasteiger partial charge in [-0.25, -0.2) is 0 Å². The molecule has 2 heterocycles. The van der Waals surface area contributed by atoms with Crippen LogP contribution in [-0.2, 0) is 6.54 Å². The zero-order valence-electron chi connectivity index (χ0n) is 9.56. The van der Waals surface area contributed by atoms with E-state index in [0.717, 1.165) is 26.1 Å². The third-order valence-corrected chi connectivity index (χ3v) is 3.12. The average Bonchev–Trinajstić information content (AvgIpc) is 2.76. The fraction of sp³-hybridized carbons (Fsp3) is 0.700. The van der Waals surface area contributed by atoms with Gasteiger partial charge in [0.15, 0.2) is 0 Å². The summed E-state index contributed by atoms with van der Waals surface area (Å²) in [4.78, 5) is 10.5. The maximum Gasteiger partial charge on any atom is 0.312 e. The van der Waals surface area contributed by atoms with Crippen LogP contribution in [0.4, 0.5) is 5.69 Å². The first kappa shape index (κ1) is 11.1. The largest absolute Gasteiger partial charge is 0.316 e. The predicted molar refractivity (Wildman–Crippen MR) is 59.3 cm³/mol. The molecule has 1 aromatic heterocycles. The molecule has 0 aliphatic carbocycles. The topological polar surface area (TPSA) is 73.0 Å². The number of aromatic nitrogens is 2. The lowest BCUT2D eigenvalue weighted by atomic mass is 10.1. The number of hydrogen-bond donors (Lipinski definition) is 1. The van der Waals surface area contributed by atoms with Crippen molar-refractivity contribution >= 4 is 5.69 Å². The first-order valence-corrected chi connectivity index (χ1v) is 5.48. The van der Waals surface area contributed by atoms with Crippen molar-refractivity contribution in [3.8, 4) is 0 Å². The summed E-state index contributed by atoms with van der Waals surface area (Å²) in [5, 5.41) is 18.4. The Morgan fingerprint density at radius 3 is 2.88 bits per heavy atom. The van der Waals surface area contributed by atoms with Crippen LogP contribution in [0.5, 0.6) is 0 Å².